The van der Waals surface area contributed by atoms with Gasteiger partial charge in [0, 0.05) is 30.2 Å². The van der Waals surface area contributed by atoms with Gasteiger partial charge in [-0.1, -0.05) is 0 Å². The molecule has 2 aromatic rings. The van der Waals surface area contributed by atoms with Crippen molar-refractivity contribution in [2.75, 3.05) is 13.1 Å². The van der Waals surface area contributed by atoms with Gasteiger partial charge in [-0.25, -0.2) is 4.79 Å². The van der Waals surface area contributed by atoms with Crippen molar-refractivity contribution < 1.29 is 4.79 Å². The Bertz CT molecular complexity index is 757. The minimum absolute atomic E-state index is 0.0449. The van der Waals surface area contributed by atoms with Gasteiger partial charge in [-0.2, -0.15) is 5.10 Å². The van der Waals surface area contributed by atoms with Crippen LogP contribution in [0.3, 0.4) is 0 Å². The van der Waals surface area contributed by atoms with Crippen molar-refractivity contribution in [3.8, 4) is 0 Å². The topological polar surface area (TPSA) is 50.2 Å². The summed E-state index contributed by atoms with van der Waals surface area (Å²) in [6.45, 7) is 6.23. The van der Waals surface area contributed by atoms with Gasteiger partial charge in [-0.15, -0.1) is 11.3 Å². The van der Waals surface area contributed by atoms with Gasteiger partial charge < -0.3 is 10.2 Å². The number of fused-ring (bicyclic) bond motifs is 1. The Morgan fingerprint density at radius 2 is 2.12 bits per heavy atom. The van der Waals surface area contributed by atoms with Crippen LogP contribution in [0.25, 0.3) is 0 Å². The van der Waals surface area contributed by atoms with Crippen LogP contribution in [-0.4, -0.2) is 33.8 Å². The first-order valence-corrected chi connectivity index (χ1v) is 9.63. The first-order valence-electron chi connectivity index (χ1n) is 8.75. The van der Waals surface area contributed by atoms with E-state index in [9.17, 15) is 4.79 Å². The Hall–Kier alpha value is -1.82. The molecule has 2 aromatic heterocycles. The maximum absolute atomic E-state index is 12.3. The van der Waals surface area contributed by atoms with E-state index in [0.717, 1.165) is 18.8 Å². The monoisotopic (exact) mass is 344 g/mol. The summed E-state index contributed by atoms with van der Waals surface area (Å²) >= 11 is 1.86. The number of rotatable bonds is 3. The average Bonchev–Trinajstić information content (AvgIpc) is 3.07. The predicted molar refractivity (Wildman–Crippen MR) is 95.5 cm³/mol. The van der Waals surface area contributed by atoms with Crippen molar-refractivity contribution in [2.45, 2.75) is 52.1 Å². The number of hydrogen-bond donors (Lipinski definition) is 1. The fourth-order valence-electron chi connectivity index (χ4n) is 3.78. The number of hydrogen-bond acceptors (Lipinski definition) is 3. The van der Waals surface area contributed by atoms with E-state index in [1.165, 1.54) is 47.4 Å². The highest BCUT2D eigenvalue weighted by Crippen LogP contribution is 2.30. The largest absolute Gasteiger partial charge is 0.334 e. The average molecular weight is 344 g/mol. The smallest absolute Gasteiger partial charge is 0.317 e. The molecule has 0 atom stereocenters. The number of carbonyl (C=O) groups excluding carboxylic acids is 1. The van der Waals surface area contributed by atoms with Gasteiger partial charge in [-0.05, 0) is 62.1 Å². The lowest BCUT2D eigenvalue weighted by Crippen LogP contribution is -2.54. The van der Waals surface area contributed by atoms with Gasteiger partial charge in [0.15, 0.2) is 0 Å². The molecule has 1 saturated heterocycles. The number of nitrogens with one attached hydrogen (secondary N) is 1. The van der Waals surface area contributed by atoms with Gasteiger partial charge >= 0.3 is 6.03 Å². The second-order valence-corrected chi connectivity index (χ2v) is 7.92. The Balaban J connectivity index is 1.30. The van der Waals surface area contributed by atoms with Crippen molar-refractivity contribution >= 4 is 17.4 Å². The van der Waals surface area contributed by atoms with Gasteiger partial charge in [0.1, 0.15) is 0 Å². The van der Waals surface area contributed by atoms with Crippen LogP contribution in [0.5, 0.6) is 0 Å². The van der Waals surface area contributed by atoms with Crippen LogP contribution in [0.15, 0.2) is 11.4 Å². The van der Waals surface area contributed by atoms with Crippen molar-refractivity contribution in [3.05, 3.63) is 38.8 Å². The van der Waals surface area contributed by atoms with E-state index in [4.69, 9.17) is 0 Å². The van der Waals surface area contributed by atoms with E-state index in [2.05, 4.69) is 28.8 Å². The molecule has 2 aliphatic rings. The van der Waals surface area contributed by atoms with Gasteiger partial charge in [-0.3, -0.25) is 4.68 Å². The second-order valence-electron chi connectivity index (χ2n) is 6.96. The minimum atomic E-state index is 0.0449. The molecule has 0 radical (unpaired) electrons. The molecule has 0 aromatic carbocycles. The first kappa shape index (κ1) is 15.7. The summed E-state index contributed by atoms with van der Waals surface area (Å²) in [5.41, 5.74) is 5.02. The van der Waals surface area contributed by atoms with E-state index in [0.29, 0.717) is 12.6 Å². The highest BCUT2D eigenvalue weighted by Gasteiger charge is 2.33. The number of urea groups is 1. The summed E-state index contributed by atoms with van der Waals surface area (Å²) in [5, 5.41) is 9.84. The molecule has 0 spiro atoms. The van der Waals surface area contributed by atoms with Crippen LogP contribution in [0.2, 0.25) is 0 Å². The van der Waals surface area contributed by atoms with Gasteiger partial charge in [0.25, 0.3) is 0 Å². The third-order valence-corrected chi connectivity index (χ3v) is 6.26. The number of amides is 2. The van der Waals surface area contributed by atoms with E-state index in [-0.39, 0.29) is 6.03 Å². The fraction of sp³-hybridized carbons (Fsp3) is 0.556. The maximum atomic E-state index is 12.3. The summed E-state index contributed by atoms with van der Waals surface area (Å²) in [6.07, 6.45) is 4.97. The summed E-state index contributed by atoms with van der Waals surface area (Å²) in [7, 11) is 0. The number of thiophene rings is 1. The second kappa shape index (κ2) is 6.24. The number of likely N-dealkylation sites (tertiary alicyclic amines) is 1. The zero-order valence-electron chi connectivity index (χ0n) is 14.3. The standard InChI is InChI=1S/C18H24N4OS/c1-12-7-13(2)22(20-12)15-9-21(10-15)18(23)19-8-14-11-24-17-6-4-3-5-16(14)17/h7,11,15H,3-6,8-10H2,1-2H3,(H,19,23). The third kappa shape index (κ3) is 2.83. The number of nitrogens with zero attached hydrogens (tertiary/aromatic N) is 3. The Kier molecular flexibility index (Phi) is 4.08. The molecule has 4 rings (SSSR count). The molecule has 5 nitrogen and oxygen atoms in total. The van der Waals surface area contributed by atoms with Crippen LogP contribution in [0.4, 0.5) is 4.79 Å². The summed E-state index contributed by atoms with van der Waals surface area (Å²) in [4.78, 5) is 15.7. The zero-order chi connectivity index (χ0) is 16.7. The van der Waals surface area contributed by atoms with Crippen LogP contribution in [-0.2, 0) is 19.4 Å². The highest BCUT2D eigenvalue weighted by atomic mass is 32.1. The molecular weight excluding hydrogens is 320 g/mol. The molecule has 0 bridgehead atoms. The van der Waals surface area contributed by atoms with Crippen molar-refractivity contribution in [3.63, 3.8) is 0 Å². The maximum Gasteiger partial charge on any atom is 0.317 e. The van der Waals surface area contributed by atoms with E-state index in [1.54, 1.807) is 0 Å². The number of carbonyl (C=O) groups is 1. The molecule has 2 amide bonds. The molecule has 128 valence electrons. The molecular formula is C18H24N4OS. The van der Waals surface area contributed by atoms with E-state index in [1.807, 2.05) is 27.8 Å². The summed E-state index contributed by atoms with van der Waals surface area (Å²) < 4.78 is 2.05. The van der Waals surface area contributed by atoms with Gasteiger partial charge in [0.2, 0.25) is 0 Å². The molecule has 1 aliphatic carbocycles. The molecule has 24 heavy (non-hydrogen) atoms. The summed E-state index contributed by atoms with van der Waals surface area (Å²) in [6, 6.07) is 2.45. The Morgan fingerprint density at radius 3 is 2.88 bits per heavy atom. The Labute approximate surface area is 146 Å². The molecule has 0 saturated carbocycles. The highest BCUT2D eigenvalue weighted by molar-refractivity contribution is 7.10. The molecule has 6 heteroatoms. The van der Waals surface area contributed by atoms with Crippen LogP contribution in [0.1, 0.15) is 46.3 Å². The molecule has 1 N–H and O–H groups in total. The number of aryl methyl sites for hydroxylation is 3. The van der Waals surface area contributed by atoms with Crippen LogP contribution < -0.4 is 5.32 Å². The summed E-state index contributed by atoms with van der Waals surface area (Å²) in [5.74, 6) is 0. The SMILES string of the molecule is Cc1cc(C)n(C2CN(C(=O)NCc3csc4c3CCCC4)C2)n1. The molecule has 3 heterocycles. The lowest BCUT2D eigenvalue weighted by Gasteiger charge is -2.39. The first-order chi connectivity index (χ1) is 11.6. The molecule has 1 aliphatic heterocycles. The minimum Gasteiger partial charge on any atom is -0.334 e. The van der Waals surface area contributed by atoms with Crippen LogP contribution in [0, 0.1) is 13.8 Å². The Morgan fingerprint density at radius 1 is 1.33 bits per heavy atom. The van der Waals surface area contributed by atoms with Crippen molar-refractivity contribution in [2.24, 2.45) is 0 Å². The predicted octanol–water partition coefficient (Wildman–Crippen LogP) is 3.21. The van der Waals surface area contributed by atoms with Crippen LogP contribution >= 0.6 is 11.3 Å². The van der Waals surface area contributed by atoms with Gasteiger partial charge in [0.05, 0.1) is 11.7 Å². The lowest BCUT2D eigenvalue weighted by atomic mass is 9.96. The van der Waals surface area contributed by atoms with E-state index < -0.39 is 0 Å². The molecule has 0 unspecified atom stereocenters. The quantitative estimate of drug-likeness (QED) is 0.929. The van der Waals surface area contributed by atoms with Crippen molar-refractivity contribution in [1.29, 1.82) is 0 Å². The van der Waals surface area contributed by atoms with E-state index >= 15 is 0 Å². The zero-order valence-corrected chi connectivity index (χ0v) is 15.2. The fourth-order valence-corrected chi connectivity index (χ4v) is 4.93. The third-order valence-electron chi connectivity index (χ3n) is 5.12. The normalized spacial score (nSPS) is 17.5. The number of aromatic nitrogens is 2. The molecule has 1 fully saturated rings. The lowest BCUT2D eigenvalue weighted by molar-refractivity contribution is 0.117. The van der Waals surface area contributed by atoms with Crippen molar-refractivity contribution in [1.82, 2.24) is 20.0 Å².